The molecular weight excluding hydrogens is 277 g/mol. The zero-order chi connectivity index (χ0) is 14.4. The Balaban J connectivity index is 2.06. The summed E-state index contributed by atoms with van der Waals surface area (Å²) in [6, 6.07) is 11.9. The summed E-state index contributed by atoms with van der Waals surface area (Å²) < 4.78 is 18.6. The first-order valence-corrected chi connectivity index (χ1v) is 6.93. The van der Waals surface area contributed by atoms with Gasteiger partial charge in [0.05, 0.1) is 0 Å². The summed E-state index contributed by atoms with van der Waals surface area (Å²) in [6.07, 6.45) is 0. The van der Waals surface area contributed by atoms with Crippen LogP contribution in [0.25, 0.3) is 0 Å². The summed E-state index contributed by atoms with van der Waals surface area (Å²) in [7, 11) is 0. The number of rotatable bonds is 6. The second kappa shape index (κ2) is 7.27. The van der Waals surface area contributed by atoms with Gasteiger partial charge in [0.1, 0.15) is 18.2 Å². The van der Waals surface area contributed by atoms with E-state index in [4.69, 9.17) is 16.3 Å². The number of hydrogen-bond acceptors (Lipinski definition) is 2. The molecule has 0 aliphatic carbocycles. The monoisotopic (exact) mass is 293 g/mol. The van der Waals surface area contributed by atoms with Crippen LogP contribution in [-0.4, -0.2) is 6.54 Å². The van der Waals surface area contributed by atoms with Gasteiger partial charge in [-0.2, -0.15) is 0 Å². The molecule has 0 atom stereocenters. The average Bonchev–Trinajstić information content (AvgIpc) is 2.46. The Bertz CT molecular complexity index is 557. The van der Waals surface area contributed by atoms with Gasteiger partial charge in [-0.15, -0.1) is 0 Å². The lowest BCUT2D eigenvalue weighted by atomic mass is 10.2. The minimum atomic E-state index is -0.243. The Morgan fingerprint density at radius 3 is 2.60 bits per heavy atom. The normalized spacial score (nSPS) is 10.6. The van der Waals surface area contributed by atoms with Crippen LogP contribution in [0.2, 0.25) is 5.02 Å². The van der Waals surface area contributed by atoms with Crippen molar-refractivity contribution in [3.8, 4) is 5.75 Å². The number of nitrogens with one attached hydrogen (secondary N) is 1. The summed E-state index contributed by atoms with van der Waals surface area (Å²) in [5, 5.41) is 3.94. The van der Waals surface area contributed by atoms with Crippen molar-refractivity contribution in [2.75, 3.05) is 6.54 Å². The van der Waals surface area contributed by atoms with Crippen molar-refractivity contribution in [1.82, 2.24) is 5.32 Å². The Hall–Kier alpha value is -1.58. The van der Waals surface area contributed by atoms with Crippen LogP contribution < -0.4 is 10.1 Å². The highest BCUT2D eigenvalue weighted by Gasteiger charge is 2.05. The molecule has 0 spiro atoms. The van der Waals surface area contributed by atoms with E-state index >= 15 is 0 Å². The molecule has 0 bridgehead atoms. The van der Waals surface area contributed by atoms with Gasteiger partial charge in [0, 0.05) is 17.1 Å². The molecule has 2 aromatic carbocycles. The van der Waals surface area contributed by atoms with Crippen LogP contribution in [0.5, 0.6) is 5.75 Å². The molecule has 0 radical (unpaired) electrons. The lowest BCUT2D eigenvalue weighted by Gasteiger charge is -2.12. The van der Waals surface area contributed by atoms with Gasteiger partial charge in [-0.25, -0.2) is 4.39 Å². The van der Waals surface area contributed by atoms with E-state index in [-0.39, 0.29) is 5.82 Å². The molecule has 0 saturated carbocycles. The minimum absolute atomic E-state index is 0.243. The number of hydrogen-bond donors (Lipinski definition) is 1. The smallest absolute Gasteiger partial charge is 0.124 e. The molecule has 0 aliphatic rings. The van der Waals surface area contributed by atoms with E-state index < -0.39 is 0 Å². The molecule has 20 heavy (non-hydrogen) atoms. The zero-order valence-corrected chi connectivity index (χ0v) is 12.1. The molecule has 0 amide bonds. The fourth-order valence-electron chi connectivity index (χ4n) is 1.83. The van der Waals surface area contributed by atoms with Gasteiger partial charge in [-0.1, -0.05) is 30.7 Å². The van der Waals surface area contributed by atoms with E-state index in [1.807, 2.05) is 19.1 Å². The van der Waals surface area contributed by atoms with Crippen LogP contribution >= 0.6 is 11.6 Å². The third-order valence-electron chi connectivity index (χ3n) is 2.90. The zero-order valence-electron chi connectivity index (χ0n) is 11.3. The molecule has 0 saturated heterocycles. The lowest BCUT2D eigenvalue weighted by Crippen LogP contribution is -2.13. The van der Waals surface area contributed by atoms with Crippen molar-refractivity contribution >= 4 is 11.6 Å². The third kappa shape index (κ3) is 4.22. The van der Waals surface area contributed by atoms with Crippen molar-refractivity contribution in [2.45, 2.75) is 20.1 Å². The summed E-state index contributed by atoms with van der Waals surface area (Å²) in [4.78, 5) is 0. The van der Waals surface area contributed by atoms with Crippen molar-refractivity contribution in [1.29, 1.82) is 0 Å². The molecule has 0 fully saturated rings. The van der Waals surface area contributed by atoms with Gasteiger partial charge in [-0.3, -0.25) is 0 Å². The van der Waals surface area contributed by atoms with E-state index in [1.54, 1.807) is 18.2 Å². The van der Waals surface area contributed by atoms with Gasteiger partial charge >= 0.3 is 0 Å². The molecule has 1 N–H and O–H groups in total. The van der Waals surface area contributed by atoms with Crippen molar-refractivity contribution in [3.05, 3.63) is 64.4 Å². The molecule has 0 aromatic heterocycles. The number of halogens is 2. The van der Waals surface area contributed by atoms with Crippen molar-refractivity contribution in [3.63, 3.8) is 0 Å². The van der Waals surface area contributed by atoms with Crippen LogP contribution in [0.3, 0.4) is 0 Å². The molecule has 2 nitrogen and oxygen atoms in total. The van der Waals surface area contributed by atoms with E-state index in [2.05, 4.69) is 5.32 Å². The van der Waals surface area contributed by atoms with Crippen LogP contribution in [0.15, 0.2) is 42.5 Å². The summed E-state index contributed by atoms with van der Waals surface area (Å²) in [6.45, 7) is 4.03. The molecule has 0 unspecified atom stereocenters. The first kappa shape index (κ1) is 14.8. The largest absolute Gasteiger partial charge is 0.489 e. The first-order chi connectivity index (χ1) is 9.69. The highest BCUT2D eigenvalue weighted by molar-refractivity contribution is 6.30. The van der Waals surface area contributed by atoms with Crippen LogP contribution in [0.1, 0.15) is 18.1 Å². The third-order valence-corrected chi connectivity index (χ3v) is 3.13. The molecule has 2 aromatic rings. The highest BCUT2D eigenvalue weighted by Crippen LogP contribution is 2.23. The van der Waals surface area contributed by atoms with Crippen molar-refractivity contribution in [2.24, 2.45) is 0 Å². The quantitative estimate of drug-likeness (QED) is 0.863. The van der Waals surface area contributed by atoms with Crippen LogP contribution in [0.4, 0.5) is 4.39 Å². The summed E-state index contributed by atoms with van der Waals surface area (Å²) >= 11 is 6.01. The van der Waals surface area contributed by atoms with E-state index in [0.29, 0.717) is 18.2 Å². The second-order valence-electron chi connectivity index (χ2n) is 4.45. The molecular formula is C16H17ClFNO. The standard InChI is InChI=1S/C16H17ClFNO/c1-2-19-10-13-9-14(17)5-8-16(13)20-11-12-3-6-15(18)7-4-12/h3-9,19H,2,10-11H2,1H3. The maximum Gasteiger partial charge on any atom is 0.124 e. The lowest BCUT2D eigenvalue weighted by molar-refractivity contribution is 0.302. The molecule has 106 valence electrons. The Labute approximate surface area is 123 Å². The Morgan fingerprint density at radius 1 is 1.15 bits per heavy atom. The fraction of sp³-hybridized carbons (Fsp3) is 0.250. The van der Waals surface area contributed by atoms with E-state index in [1.165, 1.54) is 12.1 Å². The predicted molar refractivity (Wildman–Crippen MR) is 79.6 cm³/mol. The highest BCUT2D eigenvalue weighted by atomic mass is 35.5. The SMILES string of the molecule is CCNCc1cc(Cl)ccc1OCc1ccc(F)cc1. The number of benzene rings is 2. The molecule has 2 rings (SSSR count). The van der Waals surface area contributed by atoms with E-state index in [9.17, 15) is 4.39 Å². The van der Waals surface area contributed by atoms with Gasteiger partial charge in [0.25, 0.3) is 0 Å². The molecule has 0 heterocycles. The van der Waals surface area contributed by atoms with Gasteiger partial charge < -0.3 is 10.1 Å². The topological polar surface area (TPSA) is 21.3 Å². The summed E-state index contributed by atoms with van der Waals surface area (Å²) in [5.74, 6) is 0.549. The van der Waals surface area contributed by atoms with Crippen LogP contribution in [-0.2, 0) is 13.2 Å². The second-order valence-corrected chi connectivity index (χ2v) is 4.88. The van der Waals surface area contributed by atoms with Gasteiger partial charge in [0.2, 0.25) is 0 Å². The van der Waals surface area contributed by atoms with Gasteiger partial charge in [0.15, 0.2) is 0 Å². The minimum Gasteiger partial charge on any atom is -0.489 e. The molecule has 4 heteroatoms. The van der Waals surface area contributed by atoms with Gasteiger partial charge in [-0.05, 0) is 42.4 Å². The maximum absolute atomic E-state index is 12.8. The number of ether oxygens (including phenoxy) is 1. The van der Waals surface area contributed by atoms with E-state index in [0.717, 1.165) is 23.4 Å². The fourth-order valence-corrected chi connectivity index (χ4v) is 2.02. The summed E-state index contributed by atoms with van der Waals surface area (Å²) in [5.41, 5.74) is 1.94. The maximum atomic E-state index is 12.8. The predicted octanol–water partition coefficient (Wildman–Crippen LogP) is 4.17. The van der Waals surface area contributed by atoms with Crippen LogP contribution in [0, 0.1) is 5.82 Å². The average molecular weight is 294 g/mol. The molecule has 0 aliphatic heterocycles. The first-order valence-electron chi connectivity index (χ1n) is 6.55. The van der Waals surface area contributed by atoms with Crippen molar-refractivity contribution < 1.29 is 9.13 Å². The Morgan fingerprint density at radius 2 is 1.90 bits per heavy atom. The Kier molecular flexibility index (Phi) is 5.39.